The van der Waals surface area contributed by atoms with E-state index in [9.17, 15) is 18.9 Å². The third kappa shape index (κ3) is 100. The van der Waals surface area contributed by atoms with Crippen molar-refractivity contribution in [3.63, 3.8) is 0 Å². The number of unbranched alkanes of at least 4 members (excludes halogenated alkanes) is 76. The van der Waals surface area contributed by atoms with Crippen LogP contribution in [0.15, 0.2) is 0 Å². The predicted octanol–water partition coefficient (Wildman–Crippen LogP) is 35.1. The summed E-state index contributed by atoms with van der Waals surface area (Å²) in [6.45, 7) is 9.18. The van der Waals surface area contributed by atoms with E-state index in [0.717, 1.165) is 48.7 Å². The Morgan fingerprint density at radius 2 is 0.222 bits per heavy atom. The Bertz CT molecular complexity index is 1310. The molecule has 0 spiro atoms. The minimum atomic E-state index is -3.30. The van der Waals surface area contributed by atoms with E-state index in [4.69, 9.17) is 0 Å². The Hall–Kier alpha value is 2.40. The van der Waals surface area contributed by atoms with E-state index in [1.54, 1.807) is 0 Å². The van der Waals surface area contributed by atoms with Crippen LogP contribution in [-0.4, -0.2) is 23.0 Å². The first-order chi connectivity index (χ1) is 48.2. The molecule has 0 radical (unpaired) electrons. The van der Waals surface area contributed by atoms with Gasteiger partial charge in [0.1, 0.15) is 11.5 Å². The second-order valence-corrected chi connectivity index (χ2v) is 45.8. The van der Waals surface area contributed by atoms with Crippen molar-refractivity contribution in [3.8, 4) is 0 Å². The molecule has 0 aliphatic carbocycles. The topological polar surface area (TPSA) is 80.3 Å². The van der Waals surface area contributed by atoms with Gasteiger partial charge in [-0.25, -0.2) is 0 Å². The molecular weight excluding hydrogens is 1380 g/mol. The van der Waals surface area contributed by atoms with Gasteiger partial charge < -0.3 is 18.9 Å². The molecular formula is C88H180O4P2S4Zn. The molecule has 0 heterocycles. The summed E-state index contributed by atoms with van der Waals surface area (Å²) in [5.74, 6) is -3.46. The molecule has 0 atom stereocenters. The summed E-state index contributed by atoms with van der Waals surface area (Å²) < 4.78 is 24.8. The average molecular weight is 1560 g/mol. The van der Waals surface area contributed by atoms with E-state index in [1.807, 2.05) is 0 Å². The Labute approximate surface area is 654 Å². The van der Waals surface area contributed by atoms with Crippen LogP contribution in [0.5, 0.6) is 0 Å². The van der Waals surface area contributed by atoms with E-state index in [2.05, 4.69) is 27.7 Å². The molecule has 0 saturated heterocycles. The summed E-state index contributed by atoms with van der Waals surface area (Å²) >= 11 is 4.89. The smallest absolute Gasteiger partial charge is 0.784 e. The van der Waals surface area contributed by atoms with E-state index < -0.39 is 11.5 Å². The molecule has 0 saturated carbocycles. The van der Waals surface area contributed by atoms with Gasteiger partial charge in [-0.3, -0.25) is 0 Å². The number of rotatable bonds is 88. The van der Waals surface area contributed by atoms with Gasteiger partial charge in [-0.2, -0.15) is 0 Å². The van der Waals surface area contributed by atoms with Gasteiger partial charge in [0.25, 0.3) is 0 Å². The van der Waals surface area contributed by atoms with Crippen LogP contribution in [0.4, 0.5) is 0 Å². The zero-order valence-corrected chi connectivity index (χ0v) is 76.3. The molecule has 0 aromatic carbocycles. The van der Waals surface area contributed by atoms with Gasteiger partial charge in [-0.05, 0) is 25.7 Å². The monoisotopic (exact) mass is 1560 g/mol. The van der Waals surface area contributed by atoms with Crippen LogP contribution in [0.3, 0.4) is 0 Å². The molecule has 0 aliphatic heterocycles. The largest absolute Gasteiger partial charge is 2.00 e. The Morgan fingerprint density at radius 3 is 0.303 bits per heavy atom. The summed E-state index contributed by atoms with van der Waals surface area (Å²) in [6.07, 6.45) is 111. The Morgan fingerprint density at radius 1 is 0.152 bits per heavy atom. The van der Waals surface area contributed by atoms with E-state index in [-0.39, 0.29) is 19.5 Å². The first-order valence-electron chi connectivity index (χ1n) is 45.4. The third-order valence-corrected chi connectivity index (χ3v) is 33.9. The molecule has 4 nitrogen and oxygen atoms in total. The van der Waals surface area contributed by atoms with Gasteiger partial charge in [0.05, 0.1) is 0 Å². The van der Waals surface area contributed by atoms with Crippen molar-refractivity contribution in [1.29, 1.82) is 0 Å². The number of hydrogen-bond donors (Lipinski definition) is 0. The van der Waals surface area contributed by atoms with Gasteiger partial charge in [0.2, 0.25) is 0 Å². The predicted molar refractivity (Wildman–Crippen MR) is 457 cm³/mol. The van der Waals surface area contributed by atoms with Crippen LogP contribution in [0, 0.1) is 0 Å². The second kappa shape index (κ2) is 94.6. The molecule has 11 heteroatoms. The van der Waals surface area contributed by atoms with Gasteiger partial charge >= 0.3 is 19.5 Å². The van der Waals surface area contributed by atoms with Gasteiger partial charge in [-0.15, -0.1) is 45.5 Å². The normalized spacial score (nSPS) is 11.9. The van der Waals surface area contributed by atoms with Crippen LogP contribution in [0.1, 0.15) is 541 Å². The molecule has 0 fully saturated rings. The van der Waals surface area contributed by atoms with Crippen molar-refractivity contribution in [3.05, 3.63) is 0 Å². The van der Waals surface area contributed by atoms with Crippen molar-refractivity contribution >= 4 is 57.1 Å². The van der Waals surface area contributed by atoms with E-state index in [0.29, 0.717) is 0 Å². The number of hydrogen-bond acceptors (Lipinski definition) is 8. The van der Waals surface area contributed by atoms with Crippen LogP contribution < -0.4 is 9.79 Å². The minimum Gasteiger partial charge on any atom is -0.784 e. The van der Waals surface area contributed by atoms with Crippen molar-refractivity contribution in [1.82, 2.24) is 0 Å². The first kappa shape index (κ1) is 106. The third-order valence-electron chi connectivity index (χ3n) is 21.0. The molecule has 0 aromatic rings. The SMILES string of the molecule is CCCCCCCCCCCCCCCCCCCCCCSP(=O)([O-])SCCCCCCCCCCCCCCCCCCCCCC.CCCCCCCCCCCCCCCCCCCCCCSP(=O)([O-])SCCCCCCCCCCCCCCCCCCCCCC.[Zn+2]. The Kier molecular flexibility index (Phi) is 101. The van der Waals surface area contributed by atoms with Gasteiger partial charge in [0, 0.05) is 23.0 Å². The fourth-order valence-corrected chi connectivity index (χ4v) is 25.3. The summed E-state index contributed by atoms with van der Waals surface area (Å²) in [7, 11) is 0. The van der Waals surface area contributed by atoms with Crippen LogP contribution in [0.25, 0.3) is 0 Å². The van der Waals surface area contributed by atoms with E-state index in [1.165, 1.54) is 534 Å². The maximum absolute atomic E-state index is 12.4. The molecule has 0 aromatic heterocycles. The fraction of sp³-hybridized carbons (Fsp3) is 1.00. The Balaban J connectivity index is -0.00000184. The van der Waals surface area contributed by atoms with E-state index >= 15 is 0 Å². The molecule has 0 bridgehead atoms. The molecule has 592 valence electrons. The minimum absolute atomic E-state index is 0. The van der Waals surface area contributed by atoms with Crippen molar-refractivity contribution < 1.29 is 38.4 Å². The molecule has 0 unspecified atom stereocenters. The maximum Gasteiger partial charge on any atom is 2.00 e. The van der Waals surface area contributed by atoms with Crippen LogP contribution >= 0.6 is 57.1 Å². The summed E-state index contributed by atoms with van der Waals surface area (Å²) in [6, 6.07) is 0. The molecule has 0 N–H and O–H groups in total. The maximum atomic E-state index is 12.4. The van der Waals surface area contributed by atoms with Crippen molar-refractivity contribution in [2.24, 2.45) is 0 Å². The molecule has 0 rings (SSSR count). The average Bonchev–Trinajstić information content (AvgIpc) is 1.78. The summed E-state index contributed by atoms with van der Waals surface area (Å²) in [5, 5.41) is 0. The molecule has 99 heavy (non-hydrogen) atoms. The van der Waals surface area contributed by atoms with Gasteiger partial charge in [0.15, 0.2) is 0 Å². The zero-order chi connectivity index (χ0) is 71.2. The standard InChI is InChI=1S/2C44H91O2PS2.Zn/c2*1-3-5-7-9-11-13-15-17-19-21-23-25-27-29-31-33-35-37-39-41-43-48-47(45,46)49-44-42-40-38-36-34-32-30-28-26-24-22-20-18-16-14-12-10-8-6-4-2;/h2*3-44H2,1-2H3,(H,45,46);/q;;+2/p-2. The second-order valence-electron chi connectivity index (χ2n) is 31.1. The summed E-state index contributed by atoms with van der Waals surface area (Å²) in [5.41, 5.74) is 0. The van der Waals surface area contributed by atoms with Crippen LogP contribution in [-0.2, 0) is 28.6 Å². The van der Waals surface area contributed by atoms with Gasteiger partial charge in [-0.1, -0.05) is 516 Å². The first-order valence-corrected chi connectivity index (χ1v) is 55.1. The quantitative estimate of drug-likeness (QED) is 0.0339. The molecule has 0 aliphatic rings. The zero-order valence-electron chi connectivity index (χ0n) is 68.3. The van der Waals surface area contributed by atoms with Crippen molar-refractivity contribution in [2.45, 2.75) is 541 Å². The fourth-order valence-electron chi connectivity index (χ4n) is 14.2. The van der Waals surface area contributed by atoms with Crippen LogP contribution in [0.2, 0.25) is 0 Å². The van der Waals surface area contributed by atoms with Crippen molar-refractivity contribution in [2.75, 3.05) is 23.0 Å². The molecule has 0 amide bonds. The summed E-state index contributed by atoms with van der Waals surface area (Å²) in [4.78, 5) is 24.8.